The molecule has 5 heteroatoms. The van der Waals surface area contributed by atoms with Crippen molar-refractivity contribution in [2.24, 2.45) is 0 Å². The quantitative estimate of drug-likeness (QED) is 0.191. The summed E-state index contributed by atoms with van der Waals surface area (Å²) in [5.74, 6) is 2.61. The number of phenolic OH excluding ortho intramolecular Hbond substituents is 1. The van der Waals surface area contributed by atoms with Gasteiger partial charge in [-0.25, -0.2) is 0 Å². The topological polar surface area (TPSA) is 52.9 Å². The van der Waals surface area contributed by atoms with Crippen LogP contribution >= 0.6 is 0 Å². The molecule has 0 aliphatic carbocycles. The molecule has 8 rings (SSSR count). The third kappa shape index (κ3) is 4.39. The molecule has 1 aliphatic heterocycles. The molecule has 6 aromatic carbocycles. The van der Waals surface area contributed by atoms with E-state index in [4.69, 9.17) is 14.2 Å². The second kappa shape index (κ2) is 11.4. The number of aryl methyl sites for hydroxylation is 1. The minimum Gasteiger partial charge on any atom is -0.507 e. The highest BCUT2D eigenvalue weighted by Gasteiger charge is 2.45. The van der Waals surface area contributed by atoms with Crippen molar-refractivity contribution < 1.29 is 19.3 Å². The Kier molecular flexibility index (Phi) is 6.99. The zero-order chi connectivity index (χ0) is 33.0. The van der Waals surface area contributed by atoms with E-state index in [1.165, 1.54) is 0 Å². The molecular weight excluding hydrogens is 594 g/mol. The van der Waals surface area contributed by atoms with Crippen LogP contribution in [-0.2, 0) is 5.54 Å². The first-order valence-corrected chi connectivity index (χ1v) is 16.0. The monoisotopic (exact) mass is 629 g/mol. The summed E-state index contributed by atoms with van der Waals surface area (Å²) in [5, 5.41) is 14.9. The minimum atomic E-state index is -0.769. The number of allylic oxidation sites excluding steroid dienone is 1. The van der Waals surface area contributed by atoms with Gasteiger partial charge in [0.15, 0.2) is 0 Å². The molecule has 0 amide bonds. The number of fused-ring (bicyclic) bond motifs is 4. The predicted molar refractivity (Wildman–Crippen MR) is 194 cm³/mol. The fourth-order valence-electron chi connectivity index (χ4n) is 7.42. The molecule has 0 saturated carbocycles. The summed E-state index contributed by atoms with van der Waals surface area (Å²) in [7, 11) is 5.06. The van der Waals surface area contributed by atoms with Gasteiger partial charge >= 0.3 is 0 Å². The number of rotatable bonds is 7. The molecule has 0 spiro atoms. The van der Waals surface area contributed by atoms with E-state index in [9.17, 15) is 5.11 Å². The highest BCUT2D eigenvalue weighted by Crippen LogP contribution is 2.55. The third-order valence-electron chi connectivity index (χ3n) is 9.70. The molecule has 0 atom stereocenters. The molecular formula is C43H35NO4. The van der Waals surface area contributed by atoms with E-state index in [-0.39, 0.29) is 5.75 Å². The first-order chi connectivity index (χ1) is 23.5. The summed E-state index contributed by atoms with van der Waals surface area (Å²) < 4.78 is 19.2. The molecule has 7 aromatic rings. The average molecular weight is 630 g/mol. The van der Waals surface area contributed by atoms with E-state index >= 15 is 0 Å². The van der Waals surface area contributed by atoms with Crippen molar-refractivity contribution in [3.63, 3.8) is 0 Å². The maximum absolute atomic E-state index is 11.8. The van der Waals surface area contributed by atoms with E-state index in [0.29, 0.717) is 0 Å². The summed E-state index contributed by atoms with van der Waals surface area (Å²) in [4.78, 5) is 0. The maximum atomic E-state index is 11.8. The van der Waals surface area contributed by atoms with Crippen LogP contribution in [0.15, 0.2) is 133 Å². The normalized spacial score (nSPS) is 13.4. The average Bonchev–Trinajstić information content (AvgIpc) is 3.65. The van der Waals surface area contributed by atoms with Crippen LogP contribution in [0.3, 0.4) is 0 Å². The van der Waals surface area contributed by atoms with Crippen LogP contribution in [0.25, 0.3) is 38.4 Å². The largest absolute Gasteiger partial charge is 0.507 e. The van der Waals surface area contributed by atoms with Crippen LogP contribution in [0.2, 0.25) is 0 Å². The van der Waals surface area contributed by atoms with Gasteiger partial charge in [-0.2, -0.15) is 0 Å². The summed E-state index contributed by atoms with van der Waals surface area (Å²) in [5.41, 5.74) is 8.52. The van der Waals surface area contributed by atoms with E-state index in [0.717, 1.165) is 83.6 Å². The molecule has 0 bridgehead atoms. The number of phenols is 1. The van der Waals surface area contributed by atoms with Gasteiger partial charge in [0.05, 0.1) is 32.5 Å². The molecule has 48 heavy (non-hydrogen) atoms. The van der Waals surface area contributed by atoms with Crippen molar-refractivity contribution in [3.05, 3.63) is 161 Å². The maximum Gasteiger partial charge on any atom is 0.124 e. The summed E-state index contributed by atoms with van der Waals surface area (Å²) >= 11 is 0. The van der Waals surface area contributed by atoms with Crippen LogP contribution in [0.4, 0.5) is 0 Å². The van der Waals surface area contributed by atoms with Crippen molar-refractivity contribution in [2.75, 3.05) is 21.3 Å². The fraction of sp³-hybridized carbons (Fsp3) is 0.116. The Hall–Kier alpha value is -5.94. The fourth-order valence-corrected chi connectivity index (χ4v) is 7.42. The van der Waals surface area contributed by atoms with Gasteiger partial charge in [0, 0.05) is 22.1 Å². The Morgan fingerprint density at radius 1 is 0.583 bits per heavy atom. The zero-order valence-electron chi connectivity index (χ0n) is 27.3. The second-order valence-electron chi connectivity index (χ2n) is 12.3. The molecule has 1 N–H and O–H groups in total. The first kappa shape index (κ1) is 29.5. The molecule has 236 valence electrons. The lowest BCUT2D eigenvalue weighted by Crippen LogP contribution is -2.32. The summed E-state index contributed by atoms with van der Waals surface area (Å²) in [6.45, 7) is 2.12. The number of hydrogen-bond acceptors (Lipinski definition) is 4. The van der Waals surface area contributed by atoms with E-state index in [1.54, 1.807) is 21.3 Å². The lowest BCUT2D eigenvalue weighted by molar-refractivity contribution is 0.413. The lowest BCUT2D eigenvalue weighted by atomic mass is 9.81. The number of methoxy groups -OCH3 is 3. The predicted octanol–water partition coefficient (Wildman–Crippen LogP) is 9.74. The van der Waals surface area contributed by atoms with E-state index in [2.05, 4.69) is 84.3 Å². The molecule has 1 aromatic heterocycles. The van der Waals surface area contributed by atoms with E-state index < -0.39 is 5.54 Å². The van der Waals surface area contributed by atoms with Crippen LogP contribution in [-0.4, -0.2) is 31.0 Å². The van der Waals surface area contributed by atoms with Gasteiger partial charge in [0.25, 0.3) is 0 Å². The number of nitrogens with zero attached hydrogens (tertiary/aromatic N) is 1. The third-order valence-corrected chi connectivity index (χ3v) is 9.70. The highest BCUT2D eigenvalue weighted by atomic mass is 16.5. The second-order valence-corrected chi connectivity index (χ2v) is 12.3. The number of benzene rings is 6. The van der Waals surface area contributed by atoms with Gasteiger partial charge in [-0.05, 0) is 95.1 Å². The number of hydrogen-bond donors (Lipinski definition) is 1. The summed E-state index contributed by atoms with van der Waals surface area (Å²) in [6, 6.07) is 43.6. The van der Waals surface area contributed by atoms with Crippen LogP contribution < -0.4 is 14.2 Å². The molecule has 5 nitrogen and oxygen atoms in total. The van der Waals surface area contributed by atoms with Crippen LogP contribution in [0.1, 0.15) is 27.9 Å². The molecule has 1 aliphatic rings. The number of aromatic hydroxyl groups is 1. The Bertz CT molecular complexity index is 2300. The Balaban J connectivity index is 1.58. The van der Waals surface area contributed by atoms with Crippen molar-refractivity contribution in [1.29, 1.82) is 0 Å². The number of aromatic nitrogens is 1. The molecule has 0 saturated heterocycles. The molecule has 0 radical (unpaired) electrons. The van der Waals surface area contributed by atoms with Crippen molar-refractivity contribution in [2.45, 2.75) is 12.5 Å². The van der Waals surface area contributed by atoms with Gasteiger partial charge in [0.2, 0.25) is 0 Å². The van der Waals surface area contributed by atoms with Crippen molar-refractivity contribution in [3.8, 4) is 34.1 Å². The van der Waals surface area contributed by atoms with Crippen LogP contribution in [0.5, 0.6) is 23.0 Å². The Morgan fingerprint density at radius 2 is 1.17 bits per heavy atom. The Labute approximate surface area is 279 Å². The minimum absolute atomic E-state index is 0.242. The van der Waals surface area contributed by atoms with Gasteiger partial charge in [-0.1, -0.05) is 78.4 Å². The highest BCUT2D eigenvalue weighted by molar-refractivity contribution is 6.13. The Morgan fingerprint density at radius 3 is 1.77 bits per heavy atom. The van der Waals surface area contributed by atoms with Gasteiger partial charge in [-0.15, -0.1) is 0 Å². The van der Waals surface area contributed by atoms with Gasteiger partial charge < -0.3 is 23.9 Å². The van der Waals surface area contributed by atoms with E-state index in [1.807, 2.05) is 60.7 Å². The van der Waals surface area contributed by atoms with Gasteiger partial charge in [-0.3, -0.25) is 0 Å². The molecule has 0 unspecified atom stereocenters. The SMILES string of the molecule is COc1ccc(C2=CC(c3ccc(OC)cc3)(c3ccc(OC)cc3)n3c2c(-c2c(O)ccc4ccccc24)c2cc(C)ccc23)cc1. The molecule has 0 fully saturated rings. The van der Waals surface area contributed by atoms with Crippen molar-refractivity contribution in [1.82, 2.24) is 4.57 Å². The summed E-state index contributed by atoms with van der Waals surface area (Å²) in [6.07, 6.45) is 2.37. The first-order valence-electron chi connectivity index (χ1n) is 16.0. The molecule has 2 heterocycles. The zero-order valence-corrected chi connectivity index (χ0v) is 27.3. The number of ether oxygens (including phenoxy) is 3. The standard InChI is InChI=1S/C43H35NO4/c1-27-9-23-38-36(25-27)41(40-35-8-6-5-7-28(35)12-24-39(40)45)42-37(29-10-17-32(46-2)18-11-29)26-43(44(38)42,30-13-19-33(47-3)20-14-30)31-15-21-34(48-4)22-16-31/h5-26,45H,1-4H3. The lowest BCUT2D eigenvalue weighted by Gasteiger charge is -2.33. The van der Waals surface area contributed by atoms with Gasteiger partial charge in [0.1, 0.15) is 28.5 Å². The smallest absolute Gasteiger partial charge is 0.124 e. The van der Waals surface area contributed by atoms with Crippen LogP contribution in [0, 0.1) is 6.92 Å². The van der Waals surface area contributed by atoms with Crippen molar-refractivity contribution >= 4 is 27.2 Å².